The van der Waals surface area contributed by atoms with Gasteiger partial charge in [0.15, 0.2) is 8.07 Å². The van der Waals surface area contributed by atoms with Crippen molar-refractivity contribution in [1.82, 2.24) is 0 Å². The molecule has 40 heavy (non-hydrogen) atoms. The maximum Gasteiger partial charge on any atom is 0.151 e. The Morgan fingerprint density at radius 1 is 0.675 bits per heavy atom. The van der Waals surface area contributed by atoms with Gasteiger partial charge in [-0.05, 0) is 59.3 Å². The predicted octanol–water partition coefficient (Wildman–Crippen LogP) is 12.0. The van der Waals surface area contributed by atoms with Crippen molar-refractivity contribution < 1.29 is 0 Å². The van der Waals surface area contributed by atoms with Gasteiger partial charge in [0.2, 0.25) is 0 Å². The normalized spacial score (nSPS) is 18.7. The van der Waals surface area contributed by atoms with E-state index in [1.807, 2.05) is 0 Å². The van der Waals surface area contributed by atoms with E-state index in [0.29, 0.717) is 0 Å². The Hall–Kier alpha value is -0.903. The van der Waals surface area contributed by atoms with Crippen LogP contribution in [-0.4, -0.2) is 8.07 Å². The van der Waals surface area contributed by atoms with Gasteiger partial charge >= 0.3 is 0 Å². The van der Waals surface area contributed by atoms with E-state index in [4.69, 9.17) is 25.3 Å². The van der Waals surface area contributed by atoms with Crippen LogP contribution in [0.1, 0.15) is 136 Å². The van der Waals surface area contributed by atoms with Gasteiger partial charge < -0.3 is 0 Å². The maximum atomic E-state index is 5.17. The third-order valence-corrected chi connectivity index (χ3v) is 15.5. The summed E-state index contributed by atoms with van der Waals surface area (Å²) in [5, 5.41) is 4.51. The second-order valence-corrected chi connectivity index (χ2v) is 16.8. The lowest BCUT2D eigenvalue weighted by Crippen LogP contribution is -2.51. The second kappa shape index (κ2) is 20.1. The molecule has 2 rings (SSSR count). The van der Waals surface area contributed by atoms with Crippen LogP contribution in [0.2, 0.25) is 6.04 Å². The van der Waals surface area contributed by atoms with Crippen molar-refractivity contribution in [2.75, 3.05) is 0 Å². The number of hydrogen-bond donors (Lipinski definition) is 2. The molecule has 1 heterocycles. The van der Waals surface area contributed by atoms with E-state index in [9.17, 15) is 0 Å². The molecule has 0 aliphatic carbocycles. The molecule has 0 saturated carbocycles. The molecule has 2 atom stereocenters. The van der Waals surface area contributed by atoms with Crippen LogP contribution in [0.15, 0.2) is 68.8 Å². The zero-order valence-corrected chi connectivity index (χ0v) is 29.4. The molecule has 1 aromatic rings. The minimum Gasteiger partial charge on any atom is -0.142 e. The Morgan fingerprint density at radius 2 is 1.20 bits per heavy atom. The highest BCUT2D eigenvalue weighted by atomic mass is 32.1. The Bertz CT molecular complexity index is 968. The molecule has 0 aromatic heterocycles. The molecule has 0 amide bonds. The first-order valence-electron chi connectivity index (χ1n) is 16.8. The van der Waals surface area contributed by atoms with E-state index in [1.165, 1.54) is 118 Å². The highest BCUT2D eigenvalue weighted by Gasteiger charge is 2.48. The first-order chi connectivity index (χ1) is 19.5. The van der Waals surface area contributed by atoms with Gasteiger partial charge in [-0.15, -0.1) is 25.3 Å². The highest BCUT2D eigenvalue weighted by molar-refractivity contribution is 7.90. The summed E-state index contributed by atoms with van der Waals surface area (Å²) >= 11 is 10.3. The van der Waals surface area contributed by atoms with Crippen LogP contribution in [0, 0.1) is 5.92 Å². The molecule has 0 radical (unpaired) electrons. The Morgan fingerprint density at radius 3 is 1.75 bits per heavy atom. The maximum absolute atomic E-state index is 5.17. The molecule has 0 spiro atoms. The predicted molar refractivity (Wildman–Crippen MR) is 192 cm³/mol. The molecule has 1 aromatic carbocycles. The van der Waals surface area contributed by atoms with Crippen LogP contribution in [0.4, 0.5) is 0 Å². The number of rotatable bonds is 21. The fraction of sp³-hybridized carbons (Fsp3) is 0.622. The quantitative estimate of drug-likeness (QED) is 0.0787. The van der Waals surface area contributed by atoms with Crippen LogP contribution in [0.3, 0.4) is 0 Å². The SMILES string of the molecule is CC=CC1=C(S)C(S)=C(C=CCC)[Si]1(CC(CCCCCC)CCCCCCCC)c1ccc(CCCC)cc1. The van der Waals surface area contributed by atoms with Gasteiger partial charge in [-0.25, -0.2) is 0 Å². The summed E-state index contributed by atoms with van der Waals surface area (Å²) < 4.78 is 0. The lowest BCUT2D eigenvalue weighted by atomic mass is 9.96. The molecular formula is C37H60S2Si. The Kier molecular flexibility index (Phi) is 17.7. The summed E-state index contributed by atoms with van der Waals surface area (Å²) in [4.78, 5) is 2.23. The number of unbranched alkanes of at least 4 members (excludes halogenated alkanes) is 9. The number of allylic oxidation sites excluding steroid dienone is 6. The van der Waals surface area contributed by atoms with Crippen molar-refractivity contribution in [3.05, 3.63) is 74.3 Å². The molecule has 0 fully saturated rings. The topological polar surface area (TPSA) is 0 Å². The van der Waals surface area contributed by atoms with Gasteiger partial charge in [0.1, 0.15) is 0 Å². The van der Waals surface area contributed by atoms with Crippen LogP contribution < -0.4 is 5.19 Å². The molecule has 0 saturated heterocycles. The van der Waals surface area contributed by atoms with Gasteiger partial charge in [-0.3, -0.25) is 0 Å². The molecule has 224 valence electrons. The number of aryl methyl sites for hydroxylation is 1. The lowest BCUT2D eigenvalue weighted by Gasteiger charge is -2.36. The van der Waals surface area contributed by atoms with Crippen LogP contribution in [0.5, 0.6) is 0 Å². The number of thiol groups is 2. The second-order valence-electron chi connectivity index (χ2n) is 12.0. The van der Waals surface area contributed by atoms with E-state index in [0.717, 1.165) is 22.1 Å². The molecule has 3 heteroatoms. The average molecular weight is 597 g/mol. The summed E-state index contributed by atoms with van der Waals surface area (Å²) in [7, 11) is -2.29. The van der Waals surface area contributed by atoms with Gasteiger partial charge in [-0.2, -0.15) is 0 Å². The van der Waals surface area contributed by atoms with Gasteiger partial charge in [-0.1, -0.05) is 160 Å². The van der Waals surface area contributed by atoms with Gasteiger partial charge in [0, 0.05) is 9.81 Å². The van der Waals surface area contributed by atoms with Crippen molar-refractivity contribution in [1.29, 1.82) is 0 Å². The third-order valence-electron chi connectivity index (χ3n) is 8.80. The van der Waals surface area contributed by atoms with Crippen LogP contribution in [-0.2, 0) is 6.42 Å². The highest BCUT2D eigenvalue weighted by Crippen LogP contribution is 2.48. The van der Waals surface area contributed by atoms with Crippen molar-refractivity contribution in [2.24, 2.45) is 5.92 Å². The monoisotopic (exact) mass is 596 g/mol. The van der Waals surface area contributed by atoms with Crippen LogP contribution in [0.25, 0.3) is 0 Å². The minimum absolute atomic E-state index is 0.750. The fourth-order valence-electron chi connectivity index (χ4n) is 6.49. The standard InChI is InChI=1S/C37H60S2Si/c1-6-11-15-17-18-20-24-32(23-19-16-12-7-2)30-40(33-28-26-31(27-29-33)22-13-8-3)34(21-10-5)36(38)37(39)35(40)25-14-9-4/h10,14,21,25-29,32,38-39H,6-9,11-13,15-20,22-24,30H2,1-5H3. The van der Waals surface area contributed by atoms with Crippen molar-refractivity contribution in [2.45, 2.75) is 143 Å². The average Bonchev–Trinajstić information content (AvgIpc) is 3.16. The molecule has 0 nitrogen and oxygen atoms in total. The van der Waals surface area contributed by atoms with Gasteiger partial charge in [0.05, 0.1) is 0 Å². The number of benzene rings is 1. The smallest absolute Gasteiger partial charge is 0.142 e. The molecule has 1 aliphatic rings. The summed E-state index contributed by atoms with van der Waals surface area (Å²) in [6.07, 6.45) is 30.5. The van der Waals surface area contributed by atoms with E-state index in [2.05, 4.69) is 83.2 Å². The number of hydrogen-bond acceptors (Lipinski definition) is 2. The minimum atomic E-state index is -2.29. The molecule has 0 bridgehead atoms. The first-order valence-corrected chi connectivity index (χ1v) is 19.9. The largest absolute Gasteiger partial charge is 0.151 e. The fourth-order valence-corrected chi connectivity index (χ4v) is 13.7. The van der Waals surface area contributed by atoms with Gasteiger partial charge in [0.25, 0.3) is 0 Å². The molecule has 0 N–H and O–H groups in total. The van der Waals surface area contributed by atoms with E-state index in [-0.39, 0.29) is 0 Å². The molecular weight excluding hydrogens is 537 g/mol. The Labute approximate surface area is 261 Å². The lowest BCUT2D eigenvalue weighted by molar-refractivity contribution is 0.431. The third kappa shape index (κ3) is 10.1. The van der Waals surface area contributed by atoms with Crippen LogP contribution >= 0.6 is 25.3 Å². The van der Waals surface area contributed by atoms with Crippen molar-refractivity contribution in [3.8, 4) is 0 Å². The first kappa shape index (κ1) is 35.3. The summed E-state index contributed by atoms with van der Waals surface area (Å²) in [6, 6.07) is 11.1. The summed E-state index contributed by atoms with van der Waals surface area (Å²) in [5.74, 6) is 0.750. The van der Waals surface area contributed by atoms with Crippen molar-refractivity contribution in [3.63, 3.8) is 0 Å². The van der Waals surface area contributed by atoms with E-state index < -0.39 is 8.07 Å². The van der Waals surface area contributed by atoms with E-state index >= 15 is 0 Å². The zero-order chi connectivity index (χ0) is 29.2. The summed E-state index contributed by atoms with van der Waals surface area (Å²) in [5.41, 5.74) is 1.47. The molecule has 2 unspecified atom stereocenters. The Balaban J connectivity index is 2.55. The molecule has 1 aliphatic heterocycles. The van der Waals surface area contributed by atoms with E-state index in [1.54, 1.807) is 5.19 Å². The van der Waals surface area contributed by atoms with Crippen molar-refractivity contribution >= 4 is 38.5 Å². The zero-order valence-electron chi connectivity index (χ0n) is 26.6. The summed E-state index contributed by atoms with van der Waals surface area (Å²) in [6.45, 7) is 11.3.